The number of benzene rings is 2. The molecule has 138 valence electrons. The number of nitro benzene ring substituents is 1. The van der Waals surface area contributed by atoms with Crippen LogP contribution in [0, 0.1) is 10.1 Å². The van der Waals surface area contributed by atoms with Crippen LogP contribution in [0.4, 0.5) is 5.69 Å². The van der Waals surface area contributed by atoms with Gasteiger partial charge in [0.15, 0.2) is 4.90 Å². The van der Waals surface area contributed by atoms with Gasteiger partial charge < -0.3 is 4.74 Å². The average Bonchev–Trinajstić information content (AvgIpc) is 2.68. The number of sulfonamides is 1. The van der Waals surface area contributed by atoms with Crippen molar-refractivity contribution in [3.8, 4) is 5.75 Å². The largest absolute Gasteiger partial charge is 0.497 e. The van der Waals surface area contributed by atoms with Gasteiger partial charge in [0.05, 0.1) is 18.1 Å². The Kier molecular flexibility index (Phi) is 5.24. The van der Waals surface area contributed by atoms with Crippen molar-refractivity contribution in [3.63, 3.8) is 0 Å². The van der Waals surface area contributed by atoms with Crippen LogP contribution >= 0.6 is 0 Å². The highest BCUT2D eigenvalue weighted by Gasteiger charge is 2.34. The van der Waals surface area contributed by atoms with Gasteiger partial charge in [0.25, 0.3) is 5.69 Å². The van der Waals surface area contributed by atoms with Crippen LogP contribution in [-0.4, -0.2) is 37.8 Å². The van der Waals surface area contributed by atoms with E-state index < -0.39 is 20.6 Å². The van der Waals surface area contributed by atoms with Crippen LogP contribution in [0.5, 0.6) is 5.75 Å². The fraction of sp³-hybridized carbons (Fsp3) is 0.333. The fourth-order valence-electron chi connectivity index (χ4n) is 3.28. The summed E-state index contributed by atoms with van der Waals surface area (Å²) in [5, 5.41) is 11.3. The third-order valence-corrected chi connectivity index (χ3v) is 6.65. The lowest BCUT2D eigenvalue weighted by Crippen LogP contribution is -2.38. The first-order chi connectivity index (χ1) is 12.4. The SMILES string of the molecule is COc1ccc(S(=O)(=O)N2CCC(c3ccccc3)CC2)c([N+](=O)[O-])c1. The molecule has 0 bridgehead atoms. The Morgan fingerprint density at radius 2 is 1.77 bits per heavy atom. The minimum atomic E-state index is -3.93. The Morgan fingerprint density at radius 3 is 2.35 bits per heavy atom. The van der Waals surface area contributed by atoms with E-state index in [9.17, 15) is 18.5 Å². The first kappa shape index (κ1) is 18.3. The van der Waals surface area contributed by atoms with Gasteiger partial charge in [-0.25, -0.2) is 8.42 Å². The Labute approximate surface area is 152 Å². The Morgan fingerprint density at radius 1 is 1.12 bits per heavy atom. The van der Waals surface area contributed by atoms with Gasteiger partial charge >= 0.3 is 0 Å². The van der Waals surface area contributed by atoms with Gasteiger partial charge in [-0.15, -0.1) is 0 Å². The third-order valence-electron chi connectivity index (χ3n) is 4.71. The Hall–Kier alpha value is -2.45. The van der Waals surface area contributed by atoms with Crippen LogP contribution < -0.4 is 4.74 Å². The van der Waals surface area contributed by atoms with Crippen LogP contribution in [0.1, 0.15) is 24.3 Å². The van der Waals surface area contributed by atoms with Gasteiger partial charge in [-0.05, 0) is 36.5 Å². The zero-order valence-electron chi connectivity index (χ0n) is 14.4. The summed E-state index contributed by atoms with van der Waals surface area (Å²) >= 11 is 0. The lowest BCUT2D eigenvalue weighted by Gasteiger charge is -2.31. The van der Waals surface area contributed by atoms with E-state index in [4.69, 9.17) is 4.74 Å². The Balaban J connectivity index is 1.83. The predicted molar refractivity (Wildman–Crippen MR) is 96.8 cm³/mol. The summed E-state index contributed by atoms with van der Waals surface area (Å²) < 4.78 is 32.2. The number of methoxy groups -OCH3 is 1. The molecule has 0 aliphatic carbocycles. The van der Waals surface area contributed by atoms with E-state index in [1.807, 2.05) is 30.3 Å². The number of ether oxygens (including phenoxy) is 1. The molecule has 3 rings (SSSR count). The number of piperidine rings is 1. The predicted octanol–water partition coefficient (Wildman–Crippen LogP) is 3.17. The molecular formula is C18H20N2O5S. The van der Waals surface area contributed by atoms with Crippen molar-refractivity contribution in [3.05, 3.63) is 64.2 Å². The maximum absolute atomic E-state index is 12.9. The molecule has 0 atom stereocenters. The van der Waals surface area contributed by atoms with E-state index in [0.717, 1.165) is 6.07 Å². The highest BCUT2D eigenvalue weighted by molar-refractivity contribution is 7.89. The summed E-state index contributed by atoms with van der Waals surface area (Å²) in [6.07, 6.45) is 1.38. The number of nitro groups is 1. The Bertz CT molecular complexity index is 891. The van der Waals surface area contributed by atoms with Gasteiger partial charge in [-0.1, -0.05) is 30.3 Å². The van der Waals surface area contributed by atoms with Crippen molar-refractivity contribution >= 4 is 15.7 Å². The average molecular weight is 376 g/mol. The van der Waals surface area contributed by atoms with E-state index in [0.29, 0.717) is 31.8 Å². The van der Waals surface area contributed by atoms with Gasteiger partial charge in [0.2, 0.25) is 10.0 Å². The summed E-state index contributed by atoms with van der Waals surface area (Å²) in [4.78, 5) is 10.3. The minimum Gasteiger partial charge on any atom is -0.497 e. The van der Waals surface area contributed by atoms with E-state index in [2.05, 4.69) is 0 Å². The van der Waals surface area contributed by atoms with Gasteiger partial charge in [-0.2, -0.15) is 4.31 Å². The molecular weight excluding hydrogens is 356 g/mol. The molecule has 1 aliphatic heterocycles. The molecule has 0 unspecified atom stereocenters. The van der Waals surface area contributed by atoms with E-state index in [1.165, 1.54) is 29.1 Å². The van der Waals surface area contributed by atoms with Crippen molar-refractivity contribution in [2.24, 2.45) is 0 Å². The number of hydrogen-bond donors (Lipinski definition) is 0. The second kappa shape index (κ2) is 7.43. The van der Waals surface area contributed by atoms with E-state index in [-0.39, 0.29) is 10.6 Å². The first-order valence-corrected chi connectivity index (χ1v) is 9.75. The molecule has 8 heteroatoms. The van der Waals surface area contributed by atoms with Crippen LogP contribution in [0.15, 0.2) is 53.4 Å². The quantitative estimate of drug-likeness (QED) is 0.591. The maximum Gasteiger partial charge on any atom is 0.293 e. The minimum absolute atomic E-state index is 0.249. The molecule has 0 spiro atoms. The van der Waals surface area contributed by atoms with Crippen LogP contribution in [-0.2, 0) is 10.0 Å². The molecule has 0 N–H and O–H groups in total. The smallest absolute Gasteiger partial charge is 0.293 e. The highest BCUT2D eigenvalue weighted by atomic mass is 32.2. The normalized spacial score (nSPS) is 16.3. The lowest BCUT2D eigenvalue weighted by atomic mass is 9.90. The van der Waals surface area contributed by atoms with Crippen molar-refractivity contribution in [1.29, 1.82) is 0 Å². The van der Waals surface area contributed by atoms with Crippen LogP contribution in [0.2, 0.25) is 0 Å². The molecule has 26 heavy (non-hydrogen) atoms. The number of rotatable bonds is 5. The standard InChI is InChI=1S/C18H20N2O5S/c1-25-16-7-8-18(17(13-16)20(21)22)26(23,24)19-11-9-15(10-12-19)14-5-3-2-4-6-14/h2-8,13,15H,9-12H2,1H3. The van der Waals surface area contributed by atoms with Gasteiger partial charge in [0.1, 0.15) is 5.75 Å². The molecule has 2 aromatic rings. The molecule has 2 aromatic carbocycles. The third kappa shape index (κ3) is 3.56. The molecule has 1 saturated heterocycles. The molecule has 1 fully saturated rings. The molecule has 0 radical (unpaired) electrons. The van der Waals surface area contributed by atoms with Crippen molar-refractivity contribution in [1.82, 2.24) is 4.31 Å². The summed E-state index contributed by atoms with van der Waals surface area (Å²) in [6, 6.07) is 13.8. The zero-order valence-corrected chi connectivity index (χ0v) is 15.2. The zero-order chi connectivity index (χ0) is 18.7. The highest BCUT2D eigenvalue weighted by Crippen LogP contribution is 2.34. The fourth-order valence-corrected chi connectivity index (χ4v) is 4.89. The first-order valence-electron chi connectivity index (χ1n) is 8.31. The van der Waals surface area contributed by atoms with Crippen molar-refractivity contribution in [2.75, 3.05) is 20.2 Å². The van der Waals surface area contributed by atoms with Crippen molar-refractivity contribution in [2.45, 2.75) is 23.7 Å². The number of nitrogens with zero attached hydrogens (tertiary/aromatic N) is 2. The molecule has 0 aromatic heterocycles. The summed E-state index contributed by atoms with van der Waals surface area (Å²) in [6.45, 7) is 0.677. The molecule has 0 amide bonds. The molecule has 7 nitrogen and oxygen atoms in total. The summed E-state index contributed by atoms with van der Waals surface area (Å²) in [7, 11) is -2.56. The summed E-state index contributed by atoms with van der Waals surface area (Å²) in [5.74, 6) is 0.548. The summed E-state index contributed by atoms with van der Waals surface area (Å²) in [5.41, 5.74) is 0.731. The second-order valence-corrected chi connectivity index (χ2v) is 8.09. The molecule has 1 aliphatic rings. The number of hydrogen-bond acceptors (Lipinski definition) is 5. The van der Waals surface area contributed by atoms with Crippen LogP contribution in [0.25, 0.3) is 0 Å². The second-order valence-electron chi connectivity index (χ2n) is 6.18. The van der Waals surface area contributed by atoms with E-state index >= 15 is 0 Å². The van der Waals surface area contributed by atoms with Crippen LogP contribution in [0.3, 0.4) is 0 Å². The maximum atomic E-state index is 12.9. The topological polar surface area (TPSA) is 89.8 Å². The monoisotopic (exact) mass is 376 g/mol. The van der Waals surface area contributed by atoms with E-state index in [1.54, 1.807) is 0 Å². The van der Waals surface area contributed by atoms with Gasteiger partial charge in [0, 0.05) is 13.1 Å². The molecule has 0 saturated carbocycles. The molecule has 1 heterocycles. The lowest BCUT2D eigenvalue weighted by molar-refractivity contribution is -0.387. The van der Waals surface area contributed by atoms with Crippen molar-refractivity contribution < 1.29 is 18.1 Å². The van der Waals surface area contributed by atoms with Gasteiger partial charge in [-0.3, -0.25) is 10.1 Å².